The van der Waals surface area contributed by atoms with E-state index in [2.05, 4.69) is 16.0 Å². The molecule has 0 aliphatic heterocycles. The molecule has 6 nitrogen and oxygen atoms in total. The summed E-state index contributed by atoms with van der Waals surface area (Å²) in [6.07, 6.45) is 1.34. The van der Waals surface area contributed by atoms with Crippen molar-refractivity contribution < 1.29 is 14.4 Å². The summed E-state index contributed by atoms with van der Waals surface area (Å²) in [6.45, 7) is 3.80. The van der Waals surface area contributed by atoms with Crippen LogP contribution in [-0.2, 0) is 4.79 Å². The molecule has 0 saturated heterocycles. The van der Waals surface area contributed by atoms with Crippen molar-refractivity contribution in [2.75, 3.05) is 6.54 Å². The minimum atomic E-state index is -0.258. The molecule has 3 rings (SSSR count). The van der Waals surface area contributed by atoms with E-state index in [1.54, 1.807) is 12.1 Å². The van der Waals surface area contributed by atoms with E-state index in [9.17, 15) is 14.4 Å². The van der Waals surface area contributed by atoms with Crippen LogP contribution in [-0.4, -0.2) is 30.3 Å². The van der Waals surface area contributed by atoms with Crippen LogP contribution in [0.2, 0.25) is 0 Å². The highest BCUT2D eigenvalue weighted by atomic mass is 32.1. The Bertz CT molecular complexity index is 1030. The van der Waals surface area contributed by atoms with E-state index >= 15 is 0 Å². The van der Waals surface area contributed by atoms with Gasteiger partial charge in [0.2, 0.25) is 5.91 Å². The molecular formula is C24H27N3O3S2. The van der Waals surface area contributed by atoms with E-state index in [4.69, 9.17) is 0 Å². The van der Waals surface area contributed by atoms with Gasteiger partial charge in [0.05, 0.1) is 22.3 Å². The molecule has 2 unspecified atom stereocenters. The summed E-state index contributed by atoms with van der Waals surface area (Å²) in [5.41, 5.74) is 1.96. The molecule has 0 spiro atoms. The average Bonchev–Trinajstić information content (AvgIpc) is 3.47. The number of thiophene rings is 2. The maximum Gasteiger partial charge on any atom is 0.261 e. The molecule has 1 aromatic carbocycles. The van der Waals surface area contributed by atoms with Crippen LogP contribution in [0.5, 0.6) is 0 Å². The van der Waals surface area contributed by atoms with E-state index in [1.165, 1.54) is 22.7 Å². The summed E-state index contributed by atoms with van der Waals surface area (Å²) in [7, 11) is 0. The minimum Gasteiger partial charge on any atom is -0.349 e. The molecule has 3 amide bonds. The van der Waals surface area contributed by atoms with Crippen molar-refractivity contribution >= 4 is 40.4 Å². The summed E-state index contributed by atoms with van der Waals surface area (Å²) < 4.78 is 0. The Kier molecular flexibility index (Phi) is 8.58. The highest BCUT2D eigenvalue weighted by Gasteiger charge is 2.19. The number of hydrogen-bond donors (Lipinski definition) is 3. The summed E-state index contributed by atoms with van der Waals surface area (Å²) in [5, 5.41) is 12.4. The summed E-state index contributed by atoms with van der Waals surface area (Å²) in [5.74, 6) is -0.581. The zero-order chi connectivity index (χ0) is 22.9. The van der Waals surface area contributed by atoms with Gasteiger partial charge in [-0.3, -0.25) is 14.4 Å². The average molecular weight is 470 g/mol. The Labute approximate surface area is 196 Å². The van der Waals surface area contributed by atoms with Crippen LogP contribution in [0.4, 0.5) is 0 Å². The molecule has 0 aliphatic rings. The third kappa shape index (κ3) is 6.77. The second-order valence-electron chi connectivity index (χ2n) is 7.58. The van der Waals surface area contributed by atoms with E-state index in [0.717, 1.165) is 16.0 Å². The van der Waals surface area contributed by atoms with E-state index < -0.39 is 0 Å². The highest BCUT2D eigenvalue weighted by molar-refractivity contribution is 7.12. The summed E-state index contributed by atoms with van der Waals surface area (Å²) in [4.78, 5) is 38.4. The smallest absolute Gasteiger partial charge is 0.261 e. The lowest BCUT2D eigenvalue weighted by atomic mass is 9.99. The predicted octanol–water partition coefficient (Wildman–Crippen LogP) is 4.30. The van der Waals surface area contributed by atoms with Crippen LogP contribution in [0, 0.1) is 6.92 Å². The van der Waals surface area contributed by atoms with Crippen molar-refractivity contribution in [3.8, 4) is 0 Å². The fraction of sp³-hybridized carbons (Fsp3) is 0.292. The molecule has 8 heteroatoms. The summed E-state index contributed by atoms with van der Waals surface area (Å²) in [6, 6.07) is 14.9. The lowest BCUT2D eigenvalue weighted by Gasteiger charge is -2.22. The lowest BCUT2D eigenvalue weighted by molar-refractivity contribution is -0.120. The number of hydrogen-bond acceptors (Lipinski definition) is 5. The fourth-order valence-corrected chi connectivity index (χ4v) is 4.76. The van der Waals surface area contributed by atoms with Gasteiger partial charge in [-0.1, -0.05) is 36.4 Å². The van der Waals surface area contributed by atoms with Gasteiger partial charge in [0, 0.05) is 6.04 Å². The van der Waals surface area contributed by atoms with E-state index in [0.29, 0.717) is 17.7 Å². The number of amides is 3. The van der Waals surface area contributed by atoms with Crippen LogP contribution in [0.25, 0.3) is 0 Å². The van der Waals surface area contributed by atoms with Crippen molar-refractivity contribution in [3.63, 3.8) is 0 Å². The van der Waals surface area contributed by atoms with Crippen LogP contribution < -0.4 is 16.0 Å². The number of carbonyl (C=O) groups is 3. The van der Waals surface area contributed by atoms with E-state index in [1.807, 2.05) is 61.0 Å². The van der Waals surface area contributed by atoms with Gasteiger partial charge in [0.1, 0.15) is 0 Å². The molecular weight excluding hydrogens is 442 g/mol. The number of nitrogens with one attached hydrogen (secondary N) is 3. The Morgan fingerprint density at radius 2 is 1.66 bits per heavy atom. The molecule has 0 radical (unpaired) electrons. The second-order valence-corrected chi connectivity index (χ2v) is 9.44. The molecule has 32 heavy (non-hydrogen) atoms. The zero-order valence-corrected chi connectivity index (χ0v) is 19.7. The van der Waals surface area contributed by atoms with Crippen LogP contribution >= 0.6 is 22.7 Å². The third-order valence-corrected chi connectivity index (χ3v) is 6.91. The summed E-state index contributed by atoms with van der Waals surface area (Å²) >= 11 is 2.77. The van der Waals surface area contributed by atoms with Gasteiger partial charge in [-0.15, -0.1) is 22.7 Å². The standard InChI is InChI=1S/C24H27N3O3S2/c1-16-12-14-32-22(16)24(30)26-17(2)10-11-19(18-7-4-3-5-8-18)27-21(28)15-25-23(29)20-9-6-13-31-20/h3-9,12-14,17,19H,10-11,15H2,1-2H3,(H,25,29)(H,26,30)(H,27,28). The minimum absolute atomic E-state index is 0.0503. The molecule has 2 aromatic heterocycles. The molecule has 0 aliphatic carbocycles. The van der Waals surface area contributed by atoms with Gasteiger partial charge < -0.3 is 16.0 Å². The predicted molar refractivity (Wildman–Crippen MR) is 129 cm³/mol. The van der Waals surface area contributed by atoms with Gasteiger partial charge in [0.15, 0.2) is 0 Å². The van der Waals surface area contributed by atoms with Crippen LogP contribution in [0.3, 0.4) is 0 Å². The maximum absolute atomic E-state index is 12.5. The van der Waals surface area contributed by atoms with Gasteiger partial charge >= 0.3 is 0 Å². The Morgan fingerprint density at radius 1 is 0.875 bits per heavy atom. The van der Waals surface area contributed by atoms with Crippen molar-refractivity contribution in [2.45, 2.75) is 38.8 Å². The Balaban J connectivity index is 1.54. The molecule has 3 N–H and O–H groups in total. The molecule has 3 aromatic rings. The monoisotopic (exact) mass is 469 g/mol. The van der Waals surface area contributed by atoms with Gasteiger partial charge in [0.25, 0.3) is 11.8 Å². The number of carbonyl (C=O) groups excluding carboxylic acids is 3. The SMILES string of the molecule is Cc1ccsc1C(=O)NC(C)CCC(NC(=O)CNC(=O)c1cccs1)c1ccccc1. The van der Waals surface area contributed by atoms with E-state index in [-0.39, 0.29) is 36.3 Å². The number of benzene rings is 1. The van der Waals surface area contributed by atoms with Crippen LogP contribution in [0.15, 0.2) is 59.3 Å². The Morgan fingerprint density at radius 3 is 2.31 bits per heavy atom. The molecule has 0 bridgehead atoms. The fourth-order valence-electron chi connectivity index (χ4n) is 3.29. The molecule has 0 fully saturated rings. The van der Waals surface area contributed by atoms with Crippen molar-refractivity contribution in [1.82, 2.24) is 16.0 Å². The second kappa shape index (κ2) is 11.6. The topological polar surface area (TPSA) is 87.3 Å². The molecule has 2 heterocycles. The highest BCUT2D eigenvalue weighted by Crippen LogP contribution is 2.20. The van der Waals surface area contributed by atoms with Crippen LogP contribution in [0.1, 0.15) is 56.3 Å². The number of rotatable bonds is 10. The molecule has 2 atom stereocenters. The van der Waals surface area contributed by atoms with Crippen molar-refractivity contribution in [3.05, 3.63) is 80.2 Å². The van der Waals surface area contributed by atoms with Gasteiger partial charge in [-0.05, 0) is 60.7 Å². The first kappa shape index (κ1) is 23.7. The number of aryl methyl sites for hydroxylation is 1. The molecule has 168 valence electrons. The normalized spacial score (nSPS) is 12.6. The van der Waals surface area contributed by atoms with Crippen molar-refractivity contribution in [2.24, 2.45) is 0 Å². The zero-order valence-electron chi connectivity index (χ0n) is 18.1. The van der Waals surface area contributed by atoms with Gasteiger partial charge in [-0.25, -0.2) is 0 Å². The third-order valence-electron chi connectivity index (χ3n) is 5.03. The maximum atomic E-state index is 12.5. The largest absolute Gasteiger partial charge is 0.349 e. The first-order valence-electron chi connectivity index (χ1n) is 10.4. The van der Waals surface area contributed by atoms with Crippen molar-refractivity contribution in [1.29, 1.82) is 0 Å². The lowest BCUT2D eigenvalue weighted by Crippen LogP contribution is -2.39. The van der Waals surface area contributed by atoms with Gasteiger partial charge in [-0.2, -0.15) is 0 Å². The first-order valence-corrected chi connectivity index (χ1v) is 12.2. The quantitative estimate of drug-likeness (QED) is 0.414. The first-order chi connectivity index (χ1) is 15.4. The Hall–Kier alpha value is -2.97. The molecule has 0 saturated carbocycles.